The average molecular weight is 346 g/mol. The summed E-state index contributed by atoms with van der Waals surface area (Å²) in [5, 5.41) is 12.8. The number of ether oxygens (including phenoxy) is 1. The van der Waals surface area contributed by atoms with Crippen molar-refractivity contribution in [1.29, 1.82) is 0 Å². The Morgan fingerprint density at radius 2 is 2.12 bits per heavy atom. The second-order valence-electron chi connectivity index (χ2n) is 6.12. The molecule has 2 aromatic rings. The van der Waals surface area contributed by atoms with Crippen LogP contribution in [0.3, 0.4) is 0 Å². The van der Waals surface area contributed by atoms with E-state index in [1.807, 2.05) is 12.1 Å². The topological polar surface area (TPSA) is 55.6 Å². The summed E-state index contributed by atoms with van der Waals surface area (Å²) in [4.78, 5) is 14.2. The lowest BCUT2D eigenvalue weighted by atomic mass is 10.1. The van der Waals surface area contributed by atoms with E-state index in [4.69, 9.17) is 4.74 Å². The number of nitro groups is 1. The molecule has 1 aromatic carbocycles. The molecule has 1 aromatic heterocycles. The van der Waals surface area contributed by atoms with Crippen LogP contribution in [0.15, 0.2) is 41.8 Å². The van der Waals surface area contributed by atoms with Gasteiger partial charge in [-0.1, -0.05) is 18.2 Å². The van der Waals surface area contributed by atoms with Crippen LogP contribution in [-0.2, 0) is 17.7 Å². The summed E-state index contributed by atoms with van der Waals surface area (Å²) >= 11 is 1.78. The van der Waals surface area contributed by atoms with E-state index in [-0.39, 0.29) is 10.6 Å². The third-order valence-electron chi connectivity index (χ3n) is 4.31. The molecule has 3 rings (SSSR count). The molecular formula is C18H22N2O3S. The first kappa shape index (κ1) is 17.1. The molecule has 1 aliphatic heterocycles. The zero-order chi connectivity index (χ0) is 16.8. The number of rotatable bonds is 8. The first-order valence-corrected chi connectivity index (χ1v) is 9.18. The largest absolute Gasteiger partial charge is 0.377 e. The lowest BCUT2D eigenvalue weighted by molar-refractivity contribution is -0.384. The molecule has 0 spiro atoms. The van der Waals surface area contributed by atoms with Crippen molar-refractivity contribution >= 4 is 17.0 Å². The van der Waals surface area contributed by atoms with Crippen LogP contribution in [0.5, 0.6) is 0 Å². The lowest BCUT2D eigenvalue weighted by Crippen LogP contribution is -2.33. The number of nitro benzene ring substituents is 1. The Labute approximate surface area is 146 Å². The van der Waals surface area contributed by atoms with Crippen molar-refractivity contribution in [1.82, 2.24) is 4.90 Å². The van der Waals surface area contributed by atoms with Gasteiger partial charge in [0.1, 0.15) is 0 Å². The van der Waals surface area contributed by atoms with Gasteiger partial charge in [-0.05, 0) is 36.3 Å². The molecule has 0 amide bonds. The number of hydrogen-bond acceptors (Lipinski definition) is 5. The van der Waals surface area contributed by atoms with Crippen LogP contribution in [0.1, 0.15) is 23.3 Å². The van der Waals surface area contributed by atoms with Gasteiger partial charge >= 0.3 is 0 Å². The second kappa shape index (κ2) is 8.37. The molecule has 0 radical (unpaired) electrons. The van der Waals surface area contributed by atoms with Crippen molar-refractivity contribution in [3.05, 3.63) is 62.3 Å². The van der Waals surface area contributed by atoms with Crippen molar-refractivity contribution in [2.75, 3.05) is 19.7 Å². The SMILES string of the molecule is O=[N+]([O-])c1ccc(CCN(Cc2cccs2)CC2CCCO2)cc1. The molecule has 0 saturated carbocycles. The predicted molar refractivity (Wildman–Crippen MR) is 95.4 cm³/mol. The van der Waals surface area contributed by atoms with Crippen molar-refractivity contribution in [3.8, 4) is 0 Å². The fourth-order valence-electron chi connectivity index (χ4n) is 3.01. The highest BCUT2D eigenvalue weighted by Crippen LogP contribution is 2.18. The van der Waals surface area contributed by atoms with Crippen LogP contribution in [-0.4, -0.2) is 35.6 Å². The summed E-state index contributed by atoms with van der Waals surface area (Å²) in [6, 6.07) is 11.1. The first-order chi connectivity index (χ1) is 11.7. The lowest BCUT2D eigenvalue weighted by Gasteiger charge is -2.24. The van der Waals surface area contributed by atoms with Crippen LogP contribution in [0, 0.1) is 10.1 Å². The Balaban J connectivity index is 1.58. The van der Waals surface area contributed by atoms with Gasteiger partial charge in [-0.2, -0.15) is 0 Å². The summed E-state index contributed by atoms with van der Waals surface area (Å²) in [5.74, 6) is 0. The quantitative estimate of drug-likeness (QED) is 0.538. The molecule has 1 atom stereocenters. The van der Waals surface area contributed by atoms with E-state index in [2.05, 4.69) is 22.4 Å². The van der Waals surface area contributed by atoms with Crippen LogP contribution in [0.2, 0.25) is 0 Å². The number of benzene rings is 1. The van der Waals surface area contributed by atoms with E-state index in [9.17, 15) is 10.1 Å². The molecular weight excluding hydrogens is 324 g/mol. The highest BCUT2D eigenvalue weighted by molar-refractivity contribution is 7.09. The number of hydrogen-bond donors (Lipinski definition) is 0. The maximum atomic E-state index is 10.7. The van der Waals surface area contributed by atoms with Crippen molar-refractivity contribution in [3.63, 3.8) is 0 Å². The third-order valence-corrected chi connectivity index (χ3v) is 5.17. The van der Waals surface area contributed by atoms with E-state index in [0.717, 1.165) is 51.1 Å². The summed E-state index contributed by atoms with van der Waals surface area (Å²) in [7, 11) is 0. The Bertz CT molecular complexity index is 637. The highest BCUT2D eigenvalue weighted by atomic mass is 32.1. The van der Waals surface area contributed by atoms with Gasteiger partial charge in [0.2, 0.25) is 0 Å². The van der Waals surface area contributed by atoms with Crippen molar-refractivity contribution in [2.24, 2.45) is 0 Å². The number of thiophene rings is 1. The van der Waals surface area contributed by atoms with E-state index in [1.54, 1.807) is 23.5 Å². The molecule has 0 N–H and O–H groups in total. The van der Waals surface area contributed by atoms with Gasteiger partial charge in [0.15, 0.2) is 0 Å². The van der Waals surface area contributed by atoms with E-state index in [1.165, 1.54) is 4.88 Å². The average Bonchev–Trinajstić information content (AvgIpc) is 3.27. The Kier molecular flexibility index (Phi) is 5.96. The zero-order valence-corrected chi connectivity index (χ0v) is 14.4. The Morgan fingerprint density at radius 3 is 2.75 bits per heavy atom. The maximum absolute atomic E-state index is 10.7. The molecule has 5 nitrogen and oxygen atoms in total. The monoisotopic (exact) mass is 346 g/mol. The summed E-state index contributed by atoms with van der Waals surface area (Å²) in [6.45, 7) is 3.69. The molecule has 24 heavy (non-hydrogen) atoms. The van der Waals surface area contributed by atoms with Crippen LogP contribution in [0.4, 0.5) is 5.69 Å². The van der Waals surface area contributed by atoms with Gasteiger partial charge < -0.3 is 4.74 Å². The molecule has 1 unspecified atom stereocenters. The van der Waals surface area contributed by atoms with Crippen LogP contribution in [0.25, 0.3) is 0 Å². The van der Waals surface area contributed by atoms with Gasteiger partial charge in [-0.25, -0.2) is 0 Å². The number of non-ortho nitro benzene ring substituents is 1. The Morgan fingerprint density at radius 1 is 1.29 bits per heavy atom. The molecule has 1 fully saturated rings. The fraction of sp³-hybridized carbons (Fsp3) is 0.444. The van der Waals surface area contributed by atoms with Gasteiger partial charge in [0, 0.05) is 43.3 Å². The molecule has 2 heterocycles. The van der Waals surface area contributed by atoms with Gasteiger partial charge in [-0.15, -0.1) is 11.3 Å². The van der Waals surface area contributed by atoms with Crippen molar-refractivity contribution in [2.45, 2.75) is 31.9 Å². The summed E-state index contributed by atoms with van der Waals surface area (Å²) in [6.07, 6.45) is 3.51. The van der Waals surface area contributed by atoms with Crippen molar-refractivity contribution < 1.29 is 9.66 Å². The number of nitrogens with zero attached hydrogens (tertiary/aromatic N) is 2. The second-order valence-corrected chi connectivity index (χ2v) is 7.16. The van der Waals surface area contributed by atoms with E-state index in [0.29, 0.717) is 6.10 Å². The molecule has 1 aliphatic rings. The van der Waals surface area contributed by atoms with E-state index >= 15 is 0 Å². The van der Waals surface area contributed by atoms with Crippen LogP contribution < -0.4 is 0 Å². The van der Waals surface area contributed by atoms with Crippen LogP contribution >= 0.6 is 11.3 Å². The molecule has 6 heteroatoms. The molecule has 0 bridgehead atoms. The fourth-order valence-corrected chi connectivity index (χ4v) is 3.75. The van der Waals surface area contributed by atoms with Gasteiger partial charge in [0.25, 0.3) is 5.69 Å². The van der Waals surface area contributed by atoms with Gasteiger partial charge in [0.05, 0.1) is 11.0 Å². The smallest absolute Gasteiger partial charge is 0.269 e. The minimum absolute atomic E-state index is 0.147. The predicted octanol–water partition coefficient (Wildman–Crippen LogP) is 3.88. The highest BCUT2D eigenvalue weighted by Gasteiger charge is 2.19. The molecule has 0 aliphatic carbocycles. The minimum atomic E-state index is -0.357. The minimum Gasteiger partial charge on any atom is -0.377 e. The Hall–Kier alpha value is -1.76. The maximum Gasteiger partial charge on any atom is 0.269 e. The molecule has 128 valence electrons. The summed E-state index contributed by atoms with van der Waals surface area (Å²) < 4.78 is 5.78. The van der Waals surface area contributed by atoms with Gasteiger partial charge in [-0.3, -0.25) is 15.0 Å². The normalized spacial score (nSPS) is 17.5. The van der Waals surface area contributed by atoms with E-state index < -0.39 is 0 Å². The first-order valence-electron chi connectivity index (χ1n) is 8.30. The molecule has 1 saturated heterocycles. The third kappa shape index (κ3) is 4.87. The standard InChI is InChI=1S/C18H22N2O3S/c21-20(22)16-7-5-15(6-8-16)9-10-19(13-17-3-1-11-23-17)14-18-4-2-12-24-18/h2,4-8,12,17H,1,3,9-11,13-14H2. The summed E-state index contributed by atoms with van der Waals surface area (Å²) in [5.41, 5.74) is 1.28. The zero-order valence-electron chi connectivity index (χ0n) is 13.6.